The Morgan fingerprint density at radius 1 is 1.25 bits per heavy atom. The van der Waals surface area contributed by atoms with Gasteiger partial charge in [0.25, 0.3) is 6.54 Å². The van der Waals surface area contributed by atoms with E-state index >= 15 is 0 Å². The Morgan fingerprint density at radius 3 is 2.44 bits per heavy atom. The number of anilines is 1. The molecule has 16 heavy (non-hydrogen) atoms. The van der Waals surface area contributed by atoms with Crippen LogP contribution in [0.5, 0.6) is 0 Å². The molecule has 84 valence electrons. The summed E-state index contributed by atoms with van der Waals surface area (Å²) in [4.78, 5) is 31.5. The summed E-state index contributed by atoms with van der Waals surface area (Å²) in [6.07, 6.45) is -0.476. The van der Waals surface area contributed by atoms with Gasteiger partial charge in [0.15, 0.2) is 0 Å². The van der Waals surface area contributed by atoms with Crippen LogP contribution in [0.4, 0.5) is 5.69 Å². The lowest BCUT2D eigenvalue weighted by molar-refractivity contribution is -0.467. The maximum absolute atomic E-state index is 11.2. The molecule has 0 atom stereocenters. The SMILES string of the molecule is O=C(CC(=O)Nc1ccccc1)C[N+](=O)[O-]. The molecule has 0 bridgehead atoms. The number of ketones is 1. The summed E-state index contributed by atoms with van der Waals surface area (Å²) in [6, 6.07) is 8.57. The second kappa shape index (κ2) is 5.59. The molecule has 0 saturated heterocycles. The molecular formula is C10H10N2O4. The van der Waals surface area contributed by atoms with E-state index in [1.54, 1.807) is 30.3 Å². The van der Waals surface area contributed by atoms with Crippen molar-refractivity contribution in [3.63, 3.8) is 0 Å². The van der Waals surface area contributed by atoms with Crippen LogP contribution in [0.1, 0.15) is 6.42 Å². The third kappa shape index (κ3) is 4.32. The fourth-order valence-corrected chi connectivity index (χ4v) is 1.11. The molecule has 0 spiro atoms. The van der Waals surface area contributed by atoms with Gasteiger partial charge >= 0.3 is 0 Å². The molecule has 1 rings (SSSR count). The summed E-state index contributed by atoms with van der Waals surface area (Å²) in [7, 11) is 0. The zero-order chi connectivity index (χ0) is 12.0. The number of nitrogens with one attached hydrogen (secondary N) is 1. The lowest BCUT2D eigenvalue weighted by Crippen LogP contribution is -2.21. The van der Waals surface area contributed by atoms with Crippen molar-refractivity contribution in [3.8, 4) is 0 Å². The maximum Gasteiger partial charge on any atom is 0.261 e. The minimum atomic E-state index is -0.817. The molecule has 0 aliphatic carbocycles. The predicted octanol–water partition coefficient (Wildman–Crippen LogP) is 0.861. The summed E-state index contributed by atoms with van der Waals surface area (Å²) in [6.45, 7) is -0.817. The van der Waals surface area contributed by atoms with Crippen LogP contribution in [0.15, 0.2) is 30.3 Å². The zero-order valence-corrected chi connectivity index (χ0v) is 8.38. The first-order chi connectivity index (χ1) is 7.58. The summed E-state index contributed by atoms with van der Waals surface area (Å²) >= 11 is 0. The highest BCUT2D eigenvalue weighted by Crippen LogP contribution is 2.05. The van der Waals surface area contributed by atoms with E-state index < -0.39 is 29.6 Å². The summed E-state index contributed by atoms with van der Waals surface area (Å²) in [5.41, 5.74) is 0.557. The van der Waals surface area contributed by atoms with Gasteiger partial charge in [-0.25, -0.2) is 0 Å². The number of para-hydroxylation sites is 1. The minimum absolute atomic E-state index is 0.476. The van der Waals surface area contributed by atoms with Gasteiger partial charge in [-0.05, 0) is 12.1 Å². The maximum atomic E-state index is 11.2. The van der Waals surface area contributed by atoms with Gasteiger partial charge in [0.05, 0.1) is 6.42 Å². The second-order valence-corrected chi connectivity index (χ2v) is 3.12. The Labute approximate surface area is 91.4 Å². The fourth-order valence-electron chi connectivity index (χ4n) is 1.11. The van der Waals surface area contributed by atoms with Crippen molar-refractivity contribution in [2.45, 2.75) is 6.42 Å². The topological polar surface area (TPSA) is 89.3 Å². The van der Waals surface area contributed by atoms with Crippen molar-refractivity contribution in [2.24, 2.45) is 0 Å². The summed E-state index contributed by atoms with van der Waals surface area (Å²) in [5.74, 6) is -1.25. The van der Waals surface area contributed by atoms with Gasteiger partial charge in [0, 0.05) is 10.6 Å². The predicted molar refractivity (Wildman–Crippen MR) is 56.6 cm³/mol. The van der Waals surface area contributed by atoms with E-state index in [2.05, 4.69) is 5.32 Å². The molecule has 0 saturated carbocycles. The molecule has 1 N–H and O–H groups in total. The average Bonchev–Trinajstić information content (AvgIpc) is 2.17. The third-order valence-corrected chi connectivity index (χ3v) is 1.72. The van der Waals surface area contributed by atoms with Crippen molar-refractivity contribution in [1.82, 2.24) is 0 Å². The fraction of sp³-hybridized carbons (Fsp3) is 0.200. The summed E-state index contributed by atoms with van der Waals surface area (Å²) < 4.78 is 0. The van der Waals surface area contributed by atoms with Crippen LogP contribution in [-0.2, 0) is 9.59 Å². The first-order valence-corrected chi connectivity index (χ1v) is 4.56. The smallest absolute Gasteiger partial charge is 0.261 e. The van der Waals surface area contributed by atoms with Gasteiger partial charge in [-0.15, -0.1) is 0 Å². The number of carbonyl (C=O) groups is 2. The van der Waals surface area contributed by atoms with Crippen LogP contribution in [0.2, 0.25) is 0 Å². The van der Waals surface area contributed by atoms with Crippen LogP contribution in [0, 0.1) is 10.1 Å². The lowest BCUT2D eigenvalue weighted by Gasteiger charge is -2.02. The van der Waals surface area contributed by atoms with Gasteiger partial charge < -0.3 is 5.32 Å². The first-order valence-electron chi connectivity index (χ1n) is 4.56. The van der Waals surface area contributed by atoms with Gasteiger partial charge in [0.2, 0.25) is 11.7 Å². The van der Waals surface area contributed by atoms with E-state index in [1.807, 2.05) is 0 Å². The number of nitrogens with zero attached hydrogens (tertiary/aromatic N) is 1. The van der Waals surface area contributed by atoms with E-state index in [4.69, 9.17) is 0 Å². The summed E-state index contributed by atoms with van der Waals surface area (Å²) in [5, 5.41) is 12.5. The van der Waals surface area contributed by atoms with Gasteiger partial charge in [-0.3, -0.25) is 19.7 Å². The number of benzene rings is 1. The molecule has 0 aliphatic heterocycles. The monoisotopic (exact) mass is 222 g/mol. The van der Waals surface area contributed by atoms with Crippen LogP contribution >= 0.6 is 0 Å². The standard InChI is InChI=1S/C10H10N2O4/c13-9(7-12(15)16)6-10(14)11-8-4-2-1-3-5-8/h1-5H,6-7H2,(H,11,14). The van der Waals surface area contributed by atoms with Crippen LogP contribution in [0.3, 0.4) is 0 Å². The number of rotatable bonds is 5. The first kappa shape index (κ1) is 11.8. The van der Waals surface area contributed by atoms with Gasteiger partial charge in [-0.1, -0.05) is 18.2 Å². The van der Waals surface area contributed by atoms with E-state index in [0.717, 1.165) is 0 Å². The molecule has 0 fully saturated rings. The number of carbonyl (C=O) groups excluding carboxylic acids is 2. The molecule has 0 radical (unpaired) electrons. The molecule has 0 aromatic heterocycles. The van der Waals surface area contributed by atoms with Crippen molar-refractivity contribution in [1.29, 1.82) is 0 Å². The molecule has 0 aliphatic rings. The van der Waals surface area contributed by atoms with Crippen LogP contribution in [-0.4, -0.2) is 23.2 Å². The van der Waals surface area contributed by atoms with Crippen molar-refractivity contribution < 1.29 is 14.5 Å². The Kier molecular flexibility index (Phi) is 4.14. The normalized spacial score (nSPS) is 9.50. The number of Topliss-reactive ketones (excluding diaryl/α,β-unsaturated/α-hetero) is 1. The van der Waals surface area contributed by atoms with E-state index in [0.29, 0.717) is 5.69 Å². The molecule has 0 heterocycles. The molecule has 1 aromatic carbocycles. The minimum Gasteiger partial charge on any atom is -0.326 e. The number of amides is 1. The number of hydrogen-bond acceptors (Lipinski definition) is 4. The molecule has 6 nitrogen and oxygen atoms in total. The third-order valence-electron chi connectivity index (χ3n) is 1.72. The molecule has 0 unspecified atom stereocenters. The van der Waals surface area contributed by atoms with Crippen LogP contribution < -0.4 is 5.32 Å². The van der Waals surface area contributed by atoms with Gasteiger partial charge in [0.1, 0.15) is 0 Å². The highest BCUT2D eigenvalue weighted by molar-refractivity contribution is 6.04. The number of hydrogen-bond donors (Lipinski definition) is 1. The Bertz CT molecular complexity index is 403. The molecule has 6 heteroatoms. The molecule has 1 aromatic rings. The van der Waals surface area contributed by atoms with E-state index in [1.165, 1.54) is 0 Å². The van der Waals surface area contributed by atoms with Crippen molar-refractivity contribution >= 4 is 17.4 Å². The van der Waals surface area contributed by atoms with Crippen molar-refractivity contribution in [2.75, 3.05) is 11.9 Å². The Morgan fingerprint density at radius 2 is 1.88 bits per heavy atom. The quantitative estimate of drug-likeness (QED) is 0.454. The lowest BCUT2D eigenvalue weighted by atomic mass is 10.2. The largest absolute Gasteiger partial charge is 0.326 e. The van der Waals surface area contributed by atoms with E-state index in [-0.39, 0.29) is 0 Å². The average molecular weight is 222 g/mol. The highest BCUT2D eigenvalue weighted by Gasteiger charge is 2.14. The Hall–Kier alpha value is -2.24. The second-order valence-electron chi connectivity index (χ2n) is 3.12. The van der Waals surface area contributed by atoms with Gasteiger partial charge in [-0.2, -0.15) is 0 Å². The van der Waals surface area contributed by atoms with E-state index in [9.17, 15) is 19.7 Å². The van der Waals surface area contributed by atoms with Crippen LogP contribution in [0.25, 0.3) is 0 Å². The zero-order valence-electron chi connectivity index (χ0n) is 8.38. The van der Waals surface area contributed by atoms with Crippen molar-refractivity contribution in [3.05, 3.63) is 40.4 Å². The molecule has 1 amide bonds. The number of nitro groups is 1. The Balaban J connectivity index is 2.42. The molecular weight excluding hydrogens is 212 g/mol. The highest BCUT2D eigenvalue weighted by atomic mass is 16.6.